The Bertz CT molecular complexity index is 894. The van der Waals surface area contributed by atoms with E-state index in [9.17, 15) is 14.4 Å². The largest absolute Gasteiger partial charge is 0.495 e. The van der Waals surface area contributed by atoms with Crippen LogP contribution in [0.5, 0.6) is 5.75 Å². The normalized spacial score (nSPS) is 10.2. The first kappa shape index (κ1) is 22.2. The van der Waals surface area contributed by atoms with Crippen LogP contribution >= 0.6 is 11.6 Å². The number of amides is 2. The Labute approximate surface area is 174 Å². The summed E-state index contributed by atoms with van der Waals surface area (Å²) in [6.07, 6.45) is -0.265. The number of methoxy groups -OCH3 is 1. The number of rotatable bonds is 8. The number of benzene rings is 2. The molecule has 0 aliphatic rings. The maximum Gasteiger partial charge on any atom is 0.306 e. The van der Waals surface area contributed by atoms with Gasteiger partial charge in [0.15, 0.2) is 6.61 Å². The number of nitrogens with one attached hydrogen (secondary N) is 2. The van der Waals surface area contributed by atoms with E-state index in [0.29, 0.717) is 22.1 Å². The van der Waals surface area contributed by atoms with E-state index >= 15 is 0 Å². The van der Waals surface area contributed by atoms with Gasteiger partial charge in [0.05, 0.1) is 19.2 Å². The van der Waals surface area contributed by atoms with Gasteiger partial charge in [-0.1, -0.05) is 17.7 Å². The maximum atomic E-state index is 12.0. The second kappa shape index (κ2) is 10.5. The fraction of sp³-hybridized carbons (Fsp3) is 0.286. The first-order valence-corrected chi connectivity index (χ1v) is 9.32. The number of hydrogen-bond donors (Lipinski definition) is 2. The lowest BCUT2D eigenvalue weighted by atomic mass is 10.1. The van der Waals surface area contributed by atoms with Crippen LogP contribution in [0.3, 0.4) is 0 Å². The van der Waals surface area contributed by atoms with Crippen LogP contribution in [0.4, 0.5) is 11.4 Å². The SMILES string of the molecule is COc1ccc(Cl)cc1NC(=O)CCC(=O)OCC(=O)Nc1cc(C)cc(C)c1. The molecule has 0 atom stereocenters. The summed E-state index contributed by atoms with van der Waals surface area (Å²) in [5.74, 6) is -1.04. The molecule has 2 amide bonds. The summed E-state index contributed by atoms with van der Waals surface area (Å²) in [5.41, 5.74) is 3.07. The van der Waals surface area contributed by atoms with E-state index in [1.807, 2.05) is 32.0 Å². The van der Waals surface area contributed by atoms with Crippen molar-refractivity contribution in [1.82, 2.24) is 0 Å². The van der Waals surface area contributed by atoms with E-state index in [0.717, 1.165) is 11.1 Å². The lowest BCUT2D eigenvalue weighted by Crippen LogP contribution is -2.22. The fourth-order valence-corrected chi connectivity index (χ4v) is 2.84. The van der Waals surface area contributed by atoms with E-state index in [1.165, 1.54) is 7.11 Å². The summed E-state index contributed by atoms with van der Waals surface area (Å²) >= 11 is 5.91. The Hall–Kier alpha value is -3.06. The molecule has 2 N–H and O–H groups in total. The van der Waals surface area contributed by atoms with Crippen LogP contribution in [0.15, 0.2) is 36.4 Å². The molecule has 0 aliphatic carbocycles. The molecule has 0 aliphatic heterocycles. The molecule has 0 bridgehead atoms. The number of carbonyl (C=O) groups is 3. The van der Waals surface area contributed by atoms with Gasteiger partial charge in [-0.2, -0.15) is 0 Å². The molecule has 29 heavy (non-hydrogen) atoms. The summed E-state index contributed by atoms with van der Waals surface area (Å²) in [5, 5.41) is 5.74. The van der Waals surface area contributed by atoms with Crippen LogP contribution < -0.4 is 15.4 Å². The maximum absolute atomic E-state index is 12.0. The molecular weight excluding hydrogens is 396 g/mol. The summed E-state index contributed by atoms with van der Waals surface area (Å²) in [6.45, 7) is 3.43. The van der Waals surface area contributed by atoms with E-state index in [4.69, 9.17) is 21.1 Å². The van der Waals surface area contributed by atoms with Crippen LogP contribution in [-0.2, 0) is 19.1 Å². The van der Waals surface area contributed by atoms with Gasteiger partial charge < -0.3 is 20.1 Å². The molecule has 0 fully saturated rings. The van der Waals surface area contributed by atoms with Gasteiger partial charge in [-0.05, 0) is 55.3 Å². The Morgan fingerprint density at radius 3 is 2.28 bits per heavy atom. The van der Waals surface area contributed by atoms with Crippen LogP contribution in [0.25, 0.3) is 0 Å². The smallest absolute Gasteiger partial charge is 0.306 e. The van der Waals surface area contributed by atoms with Gasteiger partial charge in [0.1, 0.15) is 5.75 Å². The van der Waals surface area contributed by atoms with Crippen molar-refractivity contribution < 1.29 is 23.9 Å². The van der Waals surface area contributed by atoms with Gasteiger partial charge in [-0.25, -0.2) is 0 Å². The highest BCUT2D eigenvalue weighted by molar-refractivity contribution is 6.31. The molecule has 0 aromatic heterocycles. The molecule has 0 saturated heterocycles. The number of hydrogen-bond acceptors (Lipinski definition) is 5. The molecule has 0 saturated carbocycles. The van der Waals surface area contributed by atoms with E-state index in [1.54, 1.807) is 18.2 Å². The molecule has 8 heteroatoms. The zero-order valence-corrected chi connectivity index (χ0v) is 17.3. The molecule has 0 radical (unpaired) electrons. The van der Waals surface area contributed by atoms with Crippen molar-refractivity contribution in [2.24, 2.45) is 0 Å². The predicted molar refractivity (Wildman–Crippen MR) is 111 cm³/mol. The third-order valence-electron chi connectivity index (χ3n) is 3.86. The zero-order valence-electron chi connectivity index (χ0n) is 16.5. The molecule has 2 rings (SSSR count). The molecule has 2 aromatic carbocycles. The summed E-state index contributed by atoms with van der Waals surface area (Å²) in [7, 11) is 1.47. The summed E-state index contributed by atoms with van der Waals surface area (Å²) in [4.78, 5) is 35.8. The highest BCUT2D eigenvalue weighted by atomic mass is 35.5. The zero-order chi connectivity index (χ0) is 21.4. The second-order valence-corrected chi connectivity index (χ2v) is 6.91. The average molecular weight is 419 g/mol. The molecule has 0 spiro atoms. The van der Waals surface area contributed by atoms with E-state index in [-0.39, 0.29) is 12.8 Å². The molecule has 0 unspecified atom stereocenters. The highest BCUT2D eigenvalue weighted by Gasteiger charge is 2.13. The van der Waals surface area contributed by atoms with Crippen LogP contribution in [0.2, 0.25) is 5.02 Å². The molecule has 7 nitrogen and oxygen atoms in total. The molecule has 0 heterocycles. The van der Waals surface area contributed by atoms with Crippen molar-refractivity contribution in [2.75, 3.05) is 24.4 Å². The fourth-order valence-electron chi connectivity index (χ4n) is 2.67. The molecular formula is C21H23ClN2O5. The minimum absolute atomic E-state index is 0.104. The number of esters is 1. The first-order valence-electron chi connectivity index (χ1n) is 8.94. The minimum atomic E-state index is -0.645. The van der Waals surface area contributed by atoms with Gasteiger partial charge in [-0.15, -0.1) is 0 Å². The number of anilines is 2. The second-order valence-electron chi connectivity index (χ2n) is 6.48. The lowest BCUT2D eigenvalue weighted by Gasteiger charge is -2.10. The third kappa shape index (κ3) is 7.46. The predicted octanol–water partition coefficient (Wildman–Crippen LogP) is 3.87. The number of carbonyl (C=O) groups excluding carboxylic acids is 3. The van der Waals surface area contributed by atoms with E-state index in [2.05, 4.69) is 10.6 Å². The molecule has 2 aromatic rings. The van der Waals surface area contributed by atoms with Crippen molar-refractivity contribution in [1.29, 1.82) is 0 Å². The van der Waals surface area contributed by atoms with Crippen LogP contribution in [-0.4, -0.2) is 31.5 Å². The van der Waals surface area contributed by atoms with Crippen molar-refractivity contribution in [3.8, 4) is 5.75 Å². The Balaban J connectivity index is 1.76. The van der Waals surface area contributed by atoms with Crippen LogP contribution in [0, 0.1) is 13.8 Å². The Kier molecular flexibility index (Phi) is 8.03. The number of halogens is 1. The van der Waals surface area contributed by atoms with Gasteiger partial charge in [-0.3, -0.25) is 14.4 Å². The topological polar surface area (TPSA) is 93.7 Å². The lowest BCUT2D eigenvalue weighted by molar-refractivity contribution is -0.147. The number of ether oxygens (including phenoxy) is 2. The number of aryl methyl sites for hydroxylation is 2. The Morgan fingerprint density at radius 2 is 1.62 bits per heavy atom. The summed E-state index contributed by atoms with van der Waals surface area (Å²) < 4.78 is 10.1. The summed E-state index contributed by atoms with van der Waals surface area (Å²) in [6, 6.07) is 10.4. The van der Waals surface area contributed by atoms with Crippen molar-refractivity contribution >= 4 is 40.8 Å². The van der Waals surface area contributed by atoms with Crippen molar-refractivity contribution in [3.05, 3.63) is 52.5 Å². The van der Waals surface area contributed by atoms with Crippen LogP contribution in [0.1, 0.15) is 24.0 Å². The molecule has 154 valence electrons. The van der Waals surface area contributed by atoms with Gasteiger partial charge in [0, 0.05) is 17.1 Å². The van der Waals surface area contributed by atoms with Crippen molar-refractivity contribution in [2.45, 2.75) is 26.7 Å². The van der Waals surface area contributed by atoms with Gasteiger partial charge in [0.2, 0.25) is 5.91 Å². The van der Waals surface area contributed by atoms with Gasteiger partial charge in [0.25, 0.3) is 5.91 Å². The minimum Gasteiger partial charge on any atom is -0.495 e. The highest BCUT2D eigenvalue weighted by Crippen LogP contribution is 2.27. The quantitative estimate of drug-likeness (QED) is 0.635. The first-order chi connectivity index (χ1) is 13.8. The Morgan fingerprint density at radius 1 is 0.931 bits per heavy atom. The van der Waals surface area contributed by atoms with Crippen molar-refractivity contribution in [3.63, 3.8) is 0 Å². The van der Waals surface area contributed by atoms with Gasteiger partial charge >= 0.3 is 5.97 Å². The van der Waals surface area contributed by atoms with E-state index < -0.39 is 24.4 Å². The standard InChI is InChI=1S/C21H23ClN2O5/c1-13-8-14(2)10-16(9-13)23-20(26)12-29-21(27)7-6-19(25)24-17-11-15(22)4-5-18(17)28-3/h4-5,8-11H,6-7,12H2,1-3H3,(H,23,26)(H,24,25). The average Bonchev–Trinajstić information content (AvgIpc) is 2.64. The monoisotopic (exact) mass is 418 g/mol. The third-order valence-corrected chi connectivity index (χ3v) is 4.10.